The predicted octanol–water partition coefficient (Wildman–Crippen LogP) is 3.06. The Balaban J connectivity index is 2.06. The molecule has 1 heterocycles. The van der Waals surface area contributed by atoms with Crippen molar-refractivity contribution in [2.45, 2.75) is 39.5 Å². The van der Waals surface area contributed by atoms with Crippen molar-refractivity contribution in [1.29, 1.82) is 0 Å². The van der Waals surface area contributed by atoms with Gasteiger partial charge >= 0.3 is 0 Å². The zero-order valence-electron chi connectivity index (χ0n) is 11.7. The van der Waals surface area contributed by atoms with Crippen molar-refractivity contribution < 1.29 is 4.74 Å². The van der Waals surface area contributed by atoms with Crippen LogP contribution in [0, 0.1) is 0 Å². The summed E-state index contributed by atoms with van der Waals surface area (Å²) in [5.41, 5.74) is 8.02. The Hall–Kier alpha value is -1.81. The second-order valence-electron chi connectivity index (χ2n) is 5.04. The molecule has 1 atom stereocenters. The van der Waals surface area contributed by atoms with E-state index in [0.29, 0.717) is 12.6 Å². The summed E-state index contributed by atoms with van der Waals surface area (Å²) in [6.07, 6.45) is 3.68. The zero-order valence-corrected chi connectivity index (χ0v) is 11.7. The molecule has 0 fully saturated rings. The average molecular weight is 259 g/mol. The predicted molar refractivity (Wildman–Crippen MR) is 76.0 cm³/mol. The number of nitrogens with two attached hydrogens (primary N) is 1. The number of rotatable bonds is 5. The van der Waals surface area contributed by atoms with Crippen LogP contribution in [0.2, 0.25) is 0 Å². The van der Waals surface area contributed by atoms with Crippen molar-refractivity contribution in [2.24, 2.45) is 5.73 Å². The molecule has 0 saturated carbocycles. The number of aromatic nitrogens is 2. The second kappa shape index (κ2) is 5.89. The Labute approximate surface area is 114 Å². The van der Waals surface area contributed by atoms with Gasteiger partial charge in [0.05, 0.1) is 18.2 Å². The van der Waals surface area contributed by atoms with Crippen molar-refractivity contribution in [3.8, 4) is 5.75 Å². The fourth-order valence-electron chi connectivity index (χ4n) is 1.95. The lowest BCUT2D eigenvalue weighted by atomic mass is 10.1. The Kier molecular flexibility index (Phi) is 4.22. The molecule has 2 N–H and O–H groups in total. The number of benzene rings is 1. The molecule has 102 valence electrons. The first kappa shape index (κ1) is 13.6. The normalized spacial score (nSPS) is 12.7. The Morgan fingerprint density at radius 3 is 2.79 bits per heavy atom. The third kappa shape index (κ3) is 3.35. The van der Waals surface area contributed by atoms with Crippen molar-refractivity contribution in [2.75, 3.05) is 0 Å². The van der Waals surface area contributed by atoms with Crippen molar-refractivity contribution >= 4 is 0 Å². The van der Waals surface area contributed by atoms with Gasteiger partial charge in [0.2, 0.25) is 0 Å². The highest BCUT2D eigenvalue weighted by Gasteiger charge is 2.07. The van der Waals surface area contributed by atoms with E-state index in [4.69, 9.17) is 10.5 Å². The van der Waals surface area contributed by atoms with Crippen LogP contribution in [0.3, 0.4) is 0 Å². The monoisotopic (exact) mass is 259 g/mol. The lowest BCUT2D eigenvalue weighted by molar-refractivity contribution is 0.291. The van der Waals surface area contributed by atoms with E-state index in [-0.39, 0.29) is 6.04 Å². The Bertz CT molecular complexity index is 532. The first-order valence-corrected chi connectivity index (χ1v) is 6.57. The minimum absolute atomic E-state index is 0.0183. The third-order valence-electron chi connectivity index (χ3n) is 3.07. The molecule has 0 spiro atoms. The Morgan fingerprint density at radius 2 is 2.11 bits per heavy atom. The van der Waals surface area contributed by atoms with Crippen LogP contribution in [0.4, 0.5) is 0 Å². The van der Waals surface area contributed by atoms with E-state index in [1.165, 1.54) is 0 Å². The van der Waals surface area contributed by atoms with Gasteiger partial charge in [0.15, 0.2) is 0 Å². The SMILES string of the molecule is CC(C)n1cncc1COc1cccc([C@H](C)N)c1. The highest BCUT2D eigenvalue weighted by Crippen LogP contribution is 2.19. The molecule has 4 nitrogen and oxygen atoms in total. The fraction of sp³-hybridized carbons (Fsp3) is 0.400. The summed E-state index contributed by atoms with van der Waals surface area (Å²) in [6.45, 7) is 6.73. The molecule has 2 rings (SSSR count). The minimum Gasteiger partial charge on any atom is -0.487 e. The molecule has 0 unspecified atom stereocenters. The van der Waals surface area contributed by atoms with Crippen molar-refractivity contribution in [1.82, 2.24) is 9.55 Å². The Morgan fingerprint density at radius 1 is 1.32 bits per heavy atom. The maximum atomic E-state index is 5.87. The molecule has 1 aromatic heterocycles. The van der Waals surface area contributed by atoms with E-state index in [9.17, 15) is 0 Å². The van der Waals surface area contributed by atoms with Crippen LogP contribution < -0.4 is 10.5 Å². The number of ether oxygens (including phenoxy) is 1. The first-order chi connectivity index (χ1) is 9.08. The molecule has 0 aliphatic heterocycles. The molecule has 0 aliphatic rings. The summed E-state index contributed by atoms with van der Waals surface area (Å²) in [5, 5.41) is 0. The largest absolute Gasteiger partial charge is 0.487 e. The molecule has 0 amide bonds. The molecule has 0 aliphatic carbocycles. The van der Waals surface area contributed by atoms with Gasteiger partial charge in [-0.05, 0) is 38.5 Å². The van der Waals surface area contributed by atoms with Gasteiger partial charge in [0.25, 0.3) is 0 Å². The lowest BCUT2D eigenvalue weighted by Gasteiger charge is -2.13. The van der Waals surface area contributed by atoms with Gasteiger partial charge in [0.1, 0.15) is 12.4 Å². The minimum atomic E-state index is 0.0183. The van der Waals surface area contributed by atoms with Gasteiger partial charge in [-0.1, -0.05) is 12.1 Å². The summed E-state index contributed by atoms with van der Waals surface area (Å²) in [5.74, 6) is 0.839. The van der Waals surface area contributed by atoms with Crippen LogP contribution in [0.1, 0.15) is 44.1 Å². The maximum absolute atomic E-state index is 5.87. The number of imidazole rings is 1. The molecule has 4 heteroatoms. The van der Waals surface area contributed by atoms with Crippen LogP contribution in [0.25, 0.3) is 0 Å². The molecule has 0 radical (unpaired) electrons. The zero-order chi connectivity index (χ0) is 13.8. The molecule has 1 aromatic carbocycles. The van der Waals surface area contributed by atoms with Crippen molar-refractivity contribution in [3.05, 3.63) is 48.0 Å². The summed E-state index contributed by atoms with van der Waals surface area (Å²) < 4.78 is 7.92. The van der Waals surface area contributed by atoms with Crippen LogP contribution in [-0.2, 0) is 6.61 Å². The number of hydrogen-bond acceptors (Lipinski definition) is 3. The highest BCUT2D eigenvalue weighted by molar-refractivity contribution is 5.30. The summed E-state index contributed by atoms with van der Waals surface area (Å²) in [7, 11) is 0. The molecule has 0 saturated heterocycles. The summed E-state index contributed by atoms with van der Waals surface area (Å²) in [6, 6.07) is 8.31. The quantitative estimate of drug-likeness (QED) is 0.897. The molecule has 2 aromatic rings. The number of nitrogens with zero attached hydrogens (tertiary/aromatic N) is 2. The number of hydrogen-bond donors (Lipinski definition) is 1. The molecular formula is C15H21N3O. The van der Waals surface area contributed by atoms with Crippen LogP contribution >= 0.6 is 0 Å². The van der Waals surface area contributed by atoms with Gasteiger partial charge in [-0.25, -0.2) is 4.98 Å². The van der Waals surface area contributed by atoms with E-state index < -0.39 is 0 Å². The summed E-state index contributed by atoms with van der Waals surface area (Å²) >= 11 is 0. The summed E-state index contributed by atoms with van der Waals surface area (Å²) in [4.78, 5) is 4.16. The van der Waals surface area contributed by atoms with Crippen LogP contribution in [0.15, 0.2) is 36.8 Å². The topological polar surface area (TPSA) is 53.1 Å². The average Bonchev–Trinajstić information content (AvgIpc) is 2.85. The van der Waals surface area contributed by atoms with E-state index in [0.717, 1.165) is 17.0 Å². The smallest absolute Gasteiger partial charge is 0.130 e. The van der Waals surface area contributed by atoms with Gasteiger partial charge in [-0.3, -0.25) is 0 Å². The lowest BCUT2D eigenvalue weighted by Crippen LogP contribution is -2.08. The molecular weight excluding hydrogens is 238 g/mol. The highest BCUT2D eigenvalue weighted by atomic mass is 16.5. The third-order valence-corrected chi connectivity index (χ3v) is 3.07. The van der Waals surface area contributed by atoms with Gasteiger partial charge in [-0.15, -0.1) is 0 Å². The second-order valence-corrected chi connectivity index (χ2v) is 5.04. The standard InChI is InChI=1S/C15H21N3O/c1-11(2)18-10-17-8-14(18)9-19-15-6-4-5-13(7-15)12(3)16/h4-8,10-12H,9,16H2,1-3H3/t12-/m0/s1. The van der Waals surface area contributed by atoms with E-state index in [1.54, 1.807) is 0 Å². The van der Waals surface area contributed by atoms with E-state index in [2.05, 4.69) is 23.4 Å². The van der Waals surface area contributed by atoms with Gasteiger partial charge in [0, 0.05) is 12.1 Å². The van der Waals surface area contributed by atoms with Gasteiger partial charge in [-0.2, -0.15) is 0 Å². The van der Waals surface area contributed by atoms with Gasteiger partial charge < -0.3 is 15.0 Å². The van der Waals surface area contributed by atoms with E-state index >= 15 is 0 Å². The molecule has 0 bridgehead atoms. The van der Waals surface area contributed by atoms with Crippen LogP contribution in [-0.4, -0.2) is 9.55 Å². The fourth-order valence-corrected chi connectivity index (χ4v) is 1.95. The maximum Gasteiger partial charge on any atom is 0.130 e. The van der Waals surface area contributed by atoms with Crippen molar-refractivity contribution in [3.63, 3.8) is 0 Å². The molecule has 19 heavy (non-hydrogen) atoms. The van der Waals surface area contributed by atoms with E-state index in [1.807, 2.05) is 43.7 Å². The first-order valence-electron chi connectivity index (χ1n) is 6.57. The van der Waals surface area contributed by atoms with Crippen LogP contribution in [0.5, 0.6) is 5.75 Å².